The van der Waals surface area contributed by atoms with Crippen LogP contribution in [-0.2, 0) is 26.2 Å². The van der Waals surface area contributed by atoms with E-state index in [4.69, 9.17) is 4.52 Å². The Hall–Kier alpha value is -3.53. The van der Waals surface area contributed by atoms with Gasteiger partial charge in [-0.2, -0.15) is 4.98 Å². The highest BCUT2D eigenvalue weighted by Crippen LogP contribution is 2.27. The first-order valence-electron chi connectivity index (χ1n) is 10.1. The minimum absolute atomic E-state index is 0.0265. The van der Waals surface area contributed by atoms with Gasteiger partial charge in [-0.15, -0.1) is 0 Å². The molecule has 2 heterocycles. The van der Waals surface area contributed by atoms with E-state index >= 15 is 0 Å². The number of rotatable bonds is 6. The van der Waals surface area contributed by atoms with E-state index in [0.29, 0.717) is 10.1 Å². The number of carbonyl (C=O) groups excluding carboxylic acids is 2. The molecule has 1 aliphatic rings. The van der Waals surface area contributed by atoms with Gasteiger partial charge in [0.15, 0.2) is 0 Å². The van der Waals surface area contributed by atoms with Crippen LogP contribution in [0.2, 0.25) is 0 Å². The molecular weight excluding hydrogens is 432 g/mol. The molecule has 32 heavy (non-hydrogen) atoms. The third-order valence-electron chi connectivity index (χ3n) is 5.20. The van der Waals surface area contributed by atoms with E-state index in [2.05, 4.69) is 15.5 Å². The van der Waals surface area contributed by atoms with Gasteiger partial charge in [-0.05, 0) is 38.5 Å². The second kappa shape index (κ2) is 8.54. The summed E-state index contributed by atoms with van der Waals surface area (Å²) in [4.78, 5) is 29.4. The van der Waals surface area contributed by atoms with Gasteiger partial charge in [-0.1, -0.05) is 46.6 Å². The molecule has 1 atom stereocenters. The maximum Gasteiger partial charge on any atom is 0.267 e. The maximum atomic E-state index is 13.0. The molecule has 2 aromatic carbocycles. The summed E-state index contributed by atoms with van der Waals surface area (Å²) in [6.45, 7) is 3.69. The zero-order chi connectivity index (χ0) is 22.9. The molecule has 0 bridgehead atoms. The van der Waals surface area contributed by atoms with Gasteiger partial charge in [-0.25, -0.2) is 12.7 Å². The van der Waals surface area contributed by atoms with Crippen molar-refractivity contribution in [2.45, 2.75) is 44.2 Å². The number of aryl methyl sites for hydroxylation is 2. The molecule has 0 radical (unpaired) electrons. The summed E-state index contributed by atoms with van der Waals surface area (Å²) < 4.78 is 31.9. The number of sulfonamides is 1. The molecule has 2 amide bonds. The summed E-state index contributed by atoms with van der Waals surface area (Å²) in [6, 6.07) is 12.6. The zero-order valence-electron chi connectivity index (χ0n) is 17.6. The second-order valence-corrected chi connectivity index (χ2v) is 9.48. The van der Waals surface area contributed by atoms with Crippen LogP contribution >= 0.6 is 0 Å². The lowest BCUT2D eigenvalue weighted by Crippen LogP contribution is -2.47. The van der Waals surface area contributed by atoms with Gasteiger partial charge in [0.25, 0.3) is 10.0 Å². The standard InChI is InChI=1S/C22H22N4O5S/c1-14-6-8-17(9-7-14)32(29,30)26-18(10-11-20(26)27)22(28)23-13-19-24-21(25-31-19)16-5-3-4-15(2)12-16/h3-9,12,18H,10-11,13H2,1-2H3,(H,23,28). The second-order valence-electron chi connectivity index (χ2n) is 7.66. The van der Waals surface area contributed by atoms with Crippen molar-refractivity contribution in [2.24, 2.45) is 0 Å². The molecule has 1 aromatic heterocycles. The van der Waals surface area contributed by atoms with Crippen LogP contribution < -0.4 is 5.32 Å². The van der Waals surface area contributed by atoms with Gasteiger partial charge in [-0.3, -0.25) is 9.59 Å². The Labute approximate surface area is 185 Å². The summed E-state index contributed by atoms with van der Waals surface area (Å²) in [5, 5.41) is 6.52. The van der Waals surface area contributed by atoms with Crippen molar-refractivity contribution in [1.82, 2.24) is 19.8 Å². The Balaban J connectivity index is 1.47. The van der Waals surface area contributed by atoms with Gasteiger partial charge in [0, 0.05) is 12.0 Å². The van der Waals surface area contributed by atoms with Crippen molar-refractivity contribution in [3.63, 3.8) is 0 Å². The van der Waals surface area contributed by atoms with Crippen LogP contribution in [0.15, 0.2) is 57.9 Å². The monoisotopic (exact) mass is 454 g/mol. The van der Waals surface area contributed by atoms with Crippen LogP contribution in [0, 0.1) is 13.8 Å². The van der Waals surface area contributed by atoms with E-state index in [1.54, 1.807) is 12.1 Å². The lowest BCUT2D eigenvalue weighted by molar-refractivity contribution is -0.130. The molecule has 0 saturated carbocycles. The molecule has 1 aliphatic heterocycles. The lowest BCUT2D eigenvalue weighted by Gasteiger charge is -2.23. The van der Waals surface area contributed by atoms with Crippen molar-refractivity contribution in [2.75, 3.05) is 0 Å². The highest BCUT2D eigenvalue weighted by atomic mass is 32.2. The SMILES string of the molecule is Cc1ccc(S(=O)(=O)N2C(=O)CCC2C(=O)NCc2nc(-c3cccc(C)c3)no2)cc1. The van der Waals surface area contributed by atoms with Crippen molar-refractivity contribution in [3.05, 3.63) is 65.5 Å². The fourth-order valence-electron chi connectivity index (χ4n) is 3.53. The van der Waals surface area contributed by atoms with Gasteiger partial charge in [0.1, 0.15) is 6.04 Å². The van der Waals surface area contributed by atoms with E-state index in [1.807, 2.05) is 38.1 Å². The van der Waals surface area contributed by atoms with E-state index in [1.165, 1.54) is 12.1 Å². The predicted molar refractivity (Wildman–Crippen MR) is 115 cm³/mol. The van der Waals surface area contributed by atoms with E-state index in [-0.39, 0.29) is 30.2 Å². The predicted octanol–water partition coefficient (Wildman–Crippen LogP) is 2.35. The summed E-state index contributed by atoms with van der Waals surface area (Å²) in [7, 11) is -4.15. The Morgan fingerprint density at radius 1 is 1.16 bits per heavy atom. The first kappa shape index (κ1) is 21.7. The fraction of sp³-hybridized carbons (Fsp3) is 0.273. The quantitative estimate of drug-likeness (QED) is 0.606. The van der Waals surface area contributed by atoms with Gasteiger partial charge in [0.2, 0.25) is 23.5 Å². The van der Waals surface area contributed by atoms with Crippen LogP contribution in [0.3, 0.4) is 0 Å². The average Bonchev–Trinajstić information content (AvgIpc) is 3.39. The van der Waals surface area contributed by atoms with Crippen LogP contribution in [0.5, 0.6) is 0 Å². The summed E-state index contributed by atoms with van der Waals surface area (Å²) in [6.07, 6.45) is 0.0787. The number of aromatic nitrogens is 2. The molecule has 3 aromatic rings. The number of hydrogen-bond donors (Lipinski definition) is 1. The minimum atomic E-state index is -4.15. The molecule has 10 heteroatoms. The van der Waals surface area contributed by atoms with E-state index in [9.17, 15) is 18.0 Å². The highest BCUT2D eigenvalue weighted by molar-refractivity contribution is 7.89. The molecule has 0 aliphatic carbocycles. The number of nitrogens with zero attached hydrogens (tertiary/aromatic N) is 3. The first-order chi connectivity index (χ1) is 15.3. The van der Waals surface area contributed by atoms with Crippen molar-refractivity contribution < 1.29 is 22.5 Å². The lowest BCUT2D eigenvalue weighted by atomic mass is 10.1. The van der Waals surface area contributed by atoms with Gasteiger partial charge in [0.05, 0.1) is 11.4 Å². The summed E-state index contributed by atoms with van der Waals surface area (Å²) in [5.41, 5.74) is 2.71. The van der Waals surface area contributed by atoms with Crippen LogP contribution in [0.4, 0.5) is 0 Å². The molecule has 4 rings (SSSR count). The van der Waals surface area contributed by atoms with E-state index < -0.39 is 27.9 Å². The van der Waals surface area contributed by atoms with Gasteiger partial charge < -0.3 is 9.84 Å². The van der Waals surface area contributed by atoms with Crippen LogP contribution in [-0.4, -0.2) is 40.7 Å². The minimum Gasteiger partial charge on any atom is -0.345 e. The van der Waals surface area contributed by atoms with E-state index in [0.717, 1.165) is 16.7 Å². The number of carbonyl (C=O) groups is 2. The van der Waals surface area contributed by atoms with Crippen molar-refractivity contribution in [1.29, 1.82) is 0 Å². The average molecular weight is 455 g/mol. The Kier molecular flexibility index (Phi) is 5.79. The summed E-state index contributed by atoms with van der Waals surface area (Å²) >= 11 is 0. The third-order valence-corrected chi connectivity index (χ3v) is 7.04. The molecule has 9 nitrogen and oxygen atoms in total. The normalized spacial score (nSPS) is 16.4. The first-order valence-corrected chi connectivity index (χ1v) is 11.5. The number of hydrogen-bond acceptors (Lipinski definition) is 7. The Morgan fingerprint density at radius 3 is 2.62 bits per heavy atom. The topological polar surface area (TPSA) is 122 Å². The molecule has 1 N–H and O–H groups in total. The number of nitrogens with one attached hydrogen (secondary N) is 1. The van der Waals surface area contributed by atoms with Crippen LogP contribution in [0.1, 0.15) is 29.9 Å². The molecule has 1 fully saturated rings. The largest absolute Gasteiger partial charge is 0.345 e. The Bertz CT molecular complexity index is 1270. The highest BCUT2D eigenvalue weighted by Gasteiger charge is 2.44. The van der Waals surface area contributed by atoms with Crippen LogP contribution in [0.25, 0.3) is 11.4 Å². The van der Waals surface area contributed by atoms with Crippen molar-refractivity contribution >= 4 is 21.8 Å². The number of amides is 2. The molecule has 1 saturated heterocycles. The molecule has 1 unspecified atom stereocenters. The maximum absolute atomic E-state index is 13.0. The van der Waals surface area contributed by atoms with Crippen molar-refractivity contribution in [3.8, 4) is 11.4 Å². The fourth-order valence-corrected chi connectivity index (χ4v) is 5.14. The molecular formula is C22H22N4O5S. The summed E-state index contributed by atoms with van der Waals surface area (Å²) in [5.74, 6) is -0.642. The number of benzene rings is 2. The zero-order valence-corrected chi connectivity index (χ0v) is 18.4. The molecule has 166 valence electrons. The molecule has 0 spiro atoms. The third kappa shape index (κ3) is 4.26. The van der Waals surface area contributed by atoms with Gasteiger partial charge >= 0.3 is 0 Å². The Morgan fingerprint density at radius 2 is 1.91 bits per heavy atom. The smallest absolute Gasteiger partial charge is 0.267 e.